The molecule has 0 amide bonds. The molecule has 0 aliphatic carbocycles. The maximum absolute atomic E-state index is 4.82. The lowest BCUT2D eigenvalue weighted by Crippen LogP contribution is -2.07. The van der Waals surface area contributed by atoms with E-state index in [1.807, 2.05) is 6.08 Å². The van der Waals surface area contributed by atoms with Gasteiger partial charge in [0.2, 0.25) is 10.3 Å². The van der Waals surface area contributed by atoms with Crippen molar-refractivity contribution in [2.75, 3.05) is 11.5 Å². The maximum Gasteiger partial charge on any atom is 0.208 e. The number of aryl methyl sites for hydroxylation is 1. The molecule has 0 fully saturated rings. The summed E-state index contributed by atoms with van der Waals surface area (Å²) in [4.78, 5) is 9.47. The third kappa shape index (κ3) is 8.66. The highest BCUT2D eigenvalue weighted by Gasteiger charge is 2.18. The first-order chi connectivity index (χ1) is 16.2. The molecule has 2 heterocycles. The molecule has 8 heteroatoms. The van der Waals surface area contributed by atoms with Gasteiger partial charge in [-0.15, -0.1) is 10.2 Å². The highest BCUT2D eigenvalue weighted by molar-refractivity contribution is 7.99. The molecule has 3 aromatic rings. The Hall–Kier alpha value is -2.06. The van der Waals surface area contributed by atoms with Gasteiger partial charge in [-0.2, -0.15) is 0 Å². The second kappa shape index (κ2) is 14.3. The number of rotatable bonds is 16. The van der Waals surface area contributed by atoms with E-state index in [0.29, 0.717) is 0 Å². The fourth-order valence-electron chi connectivity index (χ4n) is 3.50. The fraction of sp³-hybridized carbons (Fsp3) is 0.520. The van der Waals surface area contributed by atoms with Crippen molar-refractivity contribution in [2.45, 2.75) is 81.4 Å². The van der Waals surface area contributed by atoms with Gasteiger partial charge < -0.3 is 0 Å². The topological polar surface area (TPSA) is 83.1 Å². The number of thioether (sulfide) groups is 2. The lowest BCUT2D eigenvalue weighted by Gasteiger charge is -2.14. The fourth-order valence-corrected chi connectivity index (χ4v) is 5.29. The molecule has 178 valence electrons. The molecule has 1 atom stereocenters. The van der Waals surface area contributed by atoms with Crippen molar-refractivity contribution >= 4 is 29.6 Å². The maximum atomic E-state index is 4.82. The van der Waals surface area contributed by atoms with Crippen molar-refractivity contribution in [3.05, 3.63) is 53.6 Å². The van der Waals surface area contributed by atoms with Gasteiger partial charge in [-0.1, -0.05) is 87.1 Å². The zero-order chi connectivity index (χ0) is 23.3. The van der Waals surface area contributed by atoms with Crippen LogP contribution in [-0.4, -0.2) is 41.9 Å². The third-order valence-electron chi connectivity index (χ3n) is 5.50. The van der Waals surface area contributed by atoms with Crippen molar-refractivity contribution < 1.29 is 0 Å². The second-order valence-corrected chi connectivity index (χ2v) is 10.3. The molecule has 0 saturated carbocycles. The summed E-state index contributed by atoms with van der Waals surface area (Å²) in [5.41, 5.74) is 2.44. The quantitative estimate of drug-likeness (QED) is 0.174. The van der Waals surface area contributed by atoms with Gasteiger partial charge in [0, 0.05) is 23.8 Å². The summed E-state index contributed by atoms with van der Waals surface area (Å²) in [7, 11) is 0. The van der Waals surface area contributed by atoms with Crippen LogP contribution in [0.5, 0.6) is 0 Å². The molecule has 0 saturated heterocycles. The van der Waals surface area contributed by atoms with E-state index in [9.17, 15) is 0 Å². The number of hydrogen-bond donors (Lipinski definition) is 2. The summed E-state index contributed by atoms with van der Waals surface area (Å²) in [6.07, 6.45) is 10.5. The molecule has 0 bridgehead atoms. The summed E-state index contributed by atoms with van der Waals surface area (Å²) < 4.78 is 0. The minimum atomic E-state index is 0.286. The first-order valence-electron chi connectivity index (χ1n) is 12.0. The van der Waals surface area contributed by atoms with E-state index < -0.39 is 0 Å². The van der Waals surface area contributed by atoms with Gasteiger partial charge in [-0.3, -0.25) is 10.2 Å². The van der Waals surface area contributed by atoms with Crippen molar-refractivity contribution in [1.82, 2.24) is 30.4 Å². The SMILES string of the molecule is C=Cc1ccc(CC(CCCc2nc(SCCCC)n[nH]2)c2nc(SCCCC)n[nH]2)cc1. The highest BCUT2D eigenvalue weighted by Crippen LogP contribution is 2.26. The molecule has 0 aliphatic heterocycles. The summed E-state index contributed by atoms with van der Waals surface area (Å²) in [5, 5.41) is 16.9. The Morgan fingerprint density at radius 2 is 1.58 bits per heavy atom. The minimum absolute atomic E-state index is 0.286. The first-order valence-corrected chi connectivity index (χ1v) is 14.0. The Labute approximate surface area is 206 Å². The van der Waals surface area contributed by atoms with Gasteiger partial charge in [0.15, 0.2) is 0 Å². The summed E-state index contributed by atoms with van der Waals surface area (Å²) >= 11 is 3.47. The Kier molecular flexibility index (Phi) is 11.0. The van der Waals surface area contributed by atoms with Gasteiger partial charge >= 0.3 is 0 Å². The number of benzene rings is 1. The first kappa shape index (κ1) is 25.6. The van der Waals surface area contributed by atoms with Crippen molar-refractivity contribution in [3.8, 4) is 0 Å². The van der Waals surface area contributed by atoms with Gasteiger partial charge in [0.1, 0.15) is 11.6 Å². The molecule has 1 aromatic carbocycles. The minimum Gasteiger partial charge on any atom is -0.262 e. The van der Waals surface area contributed by atoms with Crippen LogP contribution in [0.3, 0.4) is 0 Å². The van der Waals surface area contributed by atoms with Crippen molar-refractivity contribution in [2.24, 2.45) is 0 Å². The van der Waals surface area contributed by atoms with Gasteiger partial charge in [-0.25, -0.2) is 9.97 Å². The molecule has 0 radical (unpaired) electrons. The van der Waals surface area contributed by atoms with Gasteiger partial charge in [-0.05, 0) is 43.2 Å². The number of nitrogens with zero attached hydrogens (tertiary/aromatic N) is 4. The molecule has 3 rings (SSSR count). The number of unbranched alkanes of at least 4 members (excludes halogenated alkanes) is 2. The van der Waals surface area contributed by atoms with Crippen LogP contribution in [0.4, 0.5) is 0 Å². The molecule has 2 aromatic heterocycles. The number of aromatic nitrogens is 6. The van der Waals surface area contributed by atoms with Crippen molar-refractivity contribution in [3.63, 3.8) is 0 Å². The van der Waals surface area contributed by atoms with Crippen molar-refractivity contribution in [1.29, 1.82) is 0 Å². The molecule has 6 nitrogen and oxygen atoms in total. The number of aromatic amines is 2. The molecule has 2 N–H and O–H groups in total. The summed E-state index contributed by atoms with van der Waals surface area (Å²) in [6, 6.07) is 8.62. The predicted octanol–water partition coefficient (Wildman–Crippen LogP) is 6.70. The molecule has 33 heavy (non-hydrogen) atoms. The third-order valence-corrected chi connectivity index (χ3v) is 7.37. The van der Waals surface area contributed by atoms with E-state index in [1.54, 1.807) is 23.5 Å². The number of hydrogen-bond acceptors (Lipinski definition) is 6. The van der Waals surface area contributed by atoms with Crippen LogP contribution in [0.15, 0.2) is 41.2 Å². The summed E-state index contributed by atoms with van der Waals surface area (Å²) in [6.45, 7) is 8.26. The van der Waals surface area contributed by atoms with Crippen LogP contribution >= 0.6 is 23.5 Å². The normalized spacial score (nSPS) is 12.2. The van der Waals surface area contributed by atoms with E-state index >= 15 is 0 Å². The lowest BCUT2D eigenvalue weighted by molar-refractivity contribution is 0.555. The largest absolute Gasteiger partial charge is 0.262 e. The van der Waals surface area contributed by atoms with Crippen LogP contribution in [0.1, 0.15) is 81.1 Å². The standard InChI is InChI=1S/C25H36N6S2/c1-4-7-16-32-24-26-22(28-30-24)11-9-10-21(18-20-14-12-19(6-3)13-15-20)23-27-25(31-29-23)33-17-8-5-2/h6,12-15,21H,3-5,7-11,16-18H2,1-2H3,(H,26,28,30)(H,27,29,31). The zero-order valence-corrected chi connectivity index (χ0v) is 21.5. The molecule has 1 unspecified atom stereocenters. The average molecular weight is 485 g/mol. The zero-order valence-electron chi connectivity index (χ0n) is 19.8. The van der Waals surface area contributed by atoms with E-state index in [4.69, 9.17) is 4.98 Å². The van der Waals surface area contributed by atoms with Crippen LogP contribution in [0.2, 0.25) is 0 Å². The summed E-state index contributed by atoms with van der Waals surface area (Å²) in [5.74, 6) is 4.37. The van der Waals surface area contributed by atoms with Crippen LogP contribution in [-0.2, 0) is 12.8 Å². The number of nitrogens with one attached hydrogen (secondary N) is 2. The average Bonchev–Trinajstić information content (AvgIpc) is 3.49. The second-order valence-electron chi connectivity index (χ2n) is 8.21. The predicted molar refractivity (Wildman–Crippen MR) is 140 cm³/mol. The van der Waals surface area contributed by atoms with E-state index in [2.05, 4.69) is 70.1 Å². The van der Waals surface area contributed by atoms with Gasteiger partial charge in [0.25, 0.3) is 0 Å². The van der Waals surface area contributed by atoms with E-state index in [-0.39, 0.29) is 5.92 Å². The molecule has 0 spiro atoms. The Bertz CT molecular complexity index is 950. The Morgan fingerprint density at radius 3 is 2.24 bits per heavy atom. The van der Waals surface area contributed by atoms with Crippen LogP contribution in [0.25, 0.3) is 6.08 Å². The molecular weight excluding hydrogens is 448 g/mol. The molecular formula is C25H36N6S2. The van der Waals surface area contributed by atoms with E-state index in [0.717, 1.165) is 64.7 Å². The van der Waals surface area contributed by atoms with Crippen LogP contribution in [0, 0.1) is 0 Å². The smallest absolute Gasteiger partial charge is 0.208 e. The van der Waals surface area contributed by atoms with E-state index in [1.165, 1.54) is 31.2 Å². The number of H-pyrrole nitrogens is 2. The van der Waals surface area contributed by atoms with Crippen LogP contribution < -0.4 is 0 Å². The Morgan fingerprint density at radius 1 is 0.909 bits per heavy atom. The van der Waals surface area contributed by atoms with Gasteiger partial charge in [0.05, 0.1) is 0 Å². The lowest BCUT2D eigenvalue weighted by atomic mass is 9.93. The monoisotopic (exact) mass is 484 g/mol. The highest BCUT2D eigenvalue weighted by atomic mass is 32.2. The Balaban J connectivity index is 1.60. The molecule has 0 aliphatic rings.